The first-order valence-electron chi connectivity index (χ1n) is 8.16. The van der Waals surface area contributed by atoms with Gasteiger partial charge < -0.3 is 5.32 Å². The lowest BCUT2D eigenvalue weighted by Crippen LogP contribution is -1.95. The summed E-state index contributed by atoms with van der Waals surface area (Å²) in [6, 6.07) is 23.7. The van der Waals surface area contributed by atoms with E-state index >= 15 is 0 Å². The largest absolute Gasteiger partial charge is 0.340 e. The highest BCUT2D eigenvalue weighted by Crippen LogP contribution is 2.38. The number of pyridine rings is 1. The second kappa shape index (κ2) is 4.93. The van der Waals surface area contributed by atoms with Crippen molar-refractivity contribution in [2.75, 3.05) is 5.32 Å². The number of aryl methyl sites for hydroxylation is 1. The maximum atomic E-state index is 4.43. The number of aromatic nitrogens is 1. The van der Waals surface area contributed by atoms with E-state index in [0.29, 0.717) is 0 Å². The summed E-state index contributed by atoms with van der Waals surface area (Å²) < 4.78 is 0. The Morgan fingerprint density at radius 1 is 0.750 bits per heavy atom. The van der Waals surface area contributed by atoms with Gasteiger partial charge in [-0.05, 0) is 57.6 Å². The Bertz CT molecular complexity index is 1170. The molecule has 1 aromatic heterocycles. The normalized spacial score (nSPS) is 11.5. The second-order valence-electron chi connectivity index (χ2n) is 6.31. The lowest BCUT2D eigenvalue weighted by molar-refractivity contribution is 1.28. The van der Waals surface area contributed by atoms with Crippen LogP contribution in [0.25, 0.3) is 32.3 Å². The molecule has 2 heteroatoms. The third kappa shape index (κ3) is 1.93. The van der Waals surface area contributed by atoms with E-state index in [2.05, 4.69) is 77.9 Å². The highest BCUT2D eigenvalue weighted by molar-refractivity contribution is 6.25. The van der Waals surface area contributed by atoms with Gasteiger partial charge in [0.1, 0.15) is 5.82 Å². The van der Waals surface area contributed by atoms with Crippen LogP contribution < -0.4 is 5.32 Å². The molecular formula is C22H16N2. The number of benzene rings is 4. The van der Waals surface area contributed by atoms with E-state index in [1.807, 2.05) is 12.3 Å². The van der Waals surface area contributed by atoms with Gasteiger partial charge in [-0.25, -0.2) is 4.98 Å². The average Bonchev–Trinajstić information content (AvgIpc) is 2.61. The van der Waals surface area contributed by atoms with Crippen LogP contribution in [0.4, 0.5) is 11.5 Å². The minimum Gasteiger partial charge on any atom is -0.340 e. The first-order chi connectivity index (χ1) is 11.8. The first kappa shape index (κ1) is 13.3. The van der Waals surface area contributed by atoms with Crippen molar-refractivity contribution in [3.05, 3.63) is 78.5 Å². The predicted octanol–water partition coefficient (Wildman–Crippen LogP) is 6.03. The smallest absolute Gasteiger partial charge is 0.130 e. The Balaban J connectivity index is 1.80. The molecule has 114 valence electrons. The molecule has 0 aliphatic heterocycles. The summed E-state index contributed by atoms with van der Waals surface area (Å²) in [5.74, 6) is 0.880. The molecule has 0 fully saturated rings. The Labute approximate surface area is 140 Å². The lowest BCUT2D eigenvalue weighted by atomic mass is 9.93. The summed E-state index contributed by atoms with van der Waals surface area (Å²) in [6.07, 6.45) is 1.84. The average molecular weight is 308 g/mol. The standard InChI is InChI=1S/C22H16N2/c1-14-11-12-23-20(13-14)24-19-10-8-17-6-5-15-3-2-4-16-7-9-18(19)22(17)21(15)16/h2-13H,1H3,(H,23,24). The lowest BCUT2D eigenvalue weighted by Gasteiger charge is -2.15. The molecule has 0 aliphatic rings. The van der Waals surface area contributed by atoms with Crippen LogP contribution in [-0.4, -0.2) is 4.98 Å². The molecule has 5 aromatic rings. The van der Waals surface area contributed by atoms with Crippen LogP contribution in [0.2, 0.25) is 0 Å². The van der Waals surface area contributed by atoms with Gasteiger partial charge in [-0.1, -0.05) is 48.5 Å². The van der Waals surface area contributed by atoms with Gasteiger partial charge in [-0.15, -0.1) is 0 Å². The summed E-state index contributed by atoms with van der Waals surface area (Å²) in [5, 5.41) is 11.2. The molecule has 0 spiro atoms. The summed E-state index contributed by atoms with van der Waals surface area (Å²) in [4.78, 5) is 4.43. The zero-order valence-electron chi connectivity index (χ0n) is 13.4. The van der Waals surface area contributed by atoms with Crippen molar-refractivity contribution in [2.24, 2.45) is 0 Å². The van der Waals surface area contributed by atoms with Gasteiger partial charge in [0.25, 0.3) is 0 Å². The number of hydrogen-bond acceptors (Lipinski definition) is 2. The fourth-order valence-electron chi connectivity index (χ4n) is 3.59. The fourth-order valence-corrected chi connectivity index (χ4v) is 3.59. The highest BCUT2D eigenvalue weighted by atomic mass is 15.0. The SMILES string of the molecule is Cc1ccnc(Nc2ccc3ccc4cccc5ccc2c3c45)c1. The molecule has 4 aromatic carbocycles. The van der Waals surface area contributed by atoms with Crippen LogP contribution in [-0.2, 0) is 0 Å². The first-order valence-corrected chi connectivity index (χ1v) is 8.16. The molecule has 0 saturated carbocycles. The van der Waals surface area contributed by atoms with Crippen LogP contribution >= 0.6 is 0 Å². The maximum Gasteiger partial charge on any atom is 0.130 e. The Hall–Kier alpha value is -3.13. The third-order valence-corrected chi connectivity index (χ3v) is 4.71. The molecule has 24 heavy (non-hydrogen) atoms. The summed E-state index contributed by atoms with van der Waals surface area (Å²) in [6.45, 7) is 2.08. The molecule has 0 atom stereocenters. The maximum absolute atomic E-state index is 4.43. The molecule has 0 bridgehead atoms. The molecule has 0 aliphatic carbocycles. The Morgan fingerprint density at radius 3 is 2.25 bits per heavy atom. The van der Waals surface area contributed by atoms with Gasteiger partial charge in [-0.2, -0.15) is 0 Å². The molecule has 1 N–H and O–H groups in total. The van der Waals surface area contributed by atoms with Gasteiger partial charge >= 0.3 is 0 Å². The van der Waals surface area contributed by atoms with Gasteiger partial charge in [-0.3, -0.25) is 0 Å². The van der Waals surface area contributed by atoms with E-state index in [4.69, 9.17) is 0 Å². The zero-order chi connectivity index (χ0) is 16.1. The van der Waals surface area contributed by atoms with Crippen LogP contribution in [0.1, 0.15) is 5.56 Å². The van der Waals surface area contributed by atoms with Crippen molar-refractivity contribution in [2.45, 2.75) is 6.92 Å². The highest BCUT2D eigenvalue weighted by Gasteiger charge is 2.10. The number of nitrogens with zero attached hydrogens (tertiary/aromatic N) is 1. The molecule has 0 unspecified atom stereocenters. The molecule has 0 saturated heterocycles. The third-order valence-electron chi connectivity index (χ3n) is 4.71. The summed E-state index contributed by atoms with van der Waals surface area (Å²) in [7, 11) is 0. The Kier molecular flexibility index (Phi) is 2.74. The van der Waals surface area contributed by atoms with E-state index < -0.39 is 0 Å². The summed E-state index contributed by atoms with van der Waals surface area (Å²) >= 11 is 0. The fraction of sp³-hybridized carbons (Fsp3) is 0.0455. The van der Waals surface area contributed by atoms with Crippen molar-refractivity contribution < 1.29 is 0 Å². The van der Waals surface area contributed by atoms with E-state index in [-0.39, 0.29) is 0 Å². The van der Waals surface area contributed by atoms with Crippen molar-refractivity contribution in [1.29, 1.82) is 0 Å². The summed E-state index contributed by atoms with van der Waals surface area (Å²) in [5.41, 5.74) is 2.30. The molecule has 0 radical (unpaired) electrons. The molecule has 5 rings (SSSR count). The number of anilines is 2. The van der Waals surface area contributed by atoms with E-state index in [1.165, 1.54) is 37.9 Å². The number of rotatable bonds is 2. The van der Waals surface area contributed by atoms with Crippen LogP contribution in [0.5, 0.6) is 0 Å². The number of hydrogen-bond donors (Lipinski definition) is 1. The molecule has 2 nitrogen and oxygen atoms in total. The van der Waals surface area contributed by atoms with E-state index in [9.17, 15) is 0 Å². The minimum absolute atomic E-state index is 0.880. The molecular weight excluding hydrogens is 292 g/mol. The van der Waals surface area contributed by atoms with Crippen LogP contribution in [0, 0.1) is 6.92 Å². The second-order valence-corrected chi connectivity index (χ2v) is 6.31. The van der Waals surface area contributed by atoms with E-state index in [0.717, 1.165) is 11.5 Å². The van der Waals surface area contributed by atoms with Crippen molar-refractivity contribution in [3.63, 3.8) is 0 Å². The monoisotopic (exact) mass is 308 g/mol. The Morgan fingerprint density at radius 2 is 1.46 bits per heavy atom. The van der Waals surface area contributed by atoms with Crippen molar-refractivity contribution in [3.8, 4) is 0 Å². The zero-order valence-corrected chi connectivity index (χ0v) is 13.4. The van der Waals surface area contributed by atoms with Gasteiger partial charge in [0, 0.05) is 17.3 Å². The number of nitrogens with one attached hydrogen (secondary N) is 1. The van der Waals surface area contributed by atoms with Gasteiger partial charge in [0.15, 0.2) is 0 Å². The van der Waals surface area contributed by atoms with E-state index in [1.54, 1.807) is 0 Å². The van der Waals surface area contributed by atoms with Gasteiger partial charge in [0.2, 0.25) is 0 Å². The van der Waals surface area contributed by atoms with Crippen molar-refractivity contribution in [1.82, 2.24) is 4.98 Å². The molecule has 1 heterocycles. The minimum atomic E-state index is 0.880. The topological polar surface area (TPSA) is 24.9 Å². The van der Waals surface area contributed by atoms with Gasteiger partial charge in [0.05, 0.1) is 0 Å². The van der Waals surface area contributed by atoms with Crippen molar-refractivity contribution >= 4 is 43.8 Å². The predicted molar refractivity (Wildman–Crippen MR) is 102 cm³/mol. The quantitative estimate of drug-likeness (QED) is 0.403. The van der Waals surface area contributed by atoms with Crippen LogP contribution in [0.15, 0.2) is 72.9 Å². The molecule has 0 amide bonds. The van der Waals surface area contributed by atoms with Crippen LogP contribution in [0.3, 0.4) is 0 Å².